The van der Waals surface area contributed by atoms with E-state index in [1.807, 2.05) is 43.1 Å². The van der Waals surface area contributed by atoms with Gasteiger partial charge >= 0.3 is 0 Å². The Kier molecular flexibility index (Phi) is 14.3. The quantitative estimate of drug-likeness (QED) is 0.360. The third-order valence-electron chi connectivity index (χ3n) is 3.98. The molecule has 0 bridgehead atoms. The number of halogens is 3. The van der Waals surface area contributed by atoms with Crippen LogP contribution in [0.5, 0.6) is 0 Å². The fourth-order valence-corrected chi connectivity index (χ4v) is 3.63. The van der Waals surface area contributed by atoms with Crippen LogP contribution >= 0.6 is 48.2 Å². The van der Waals surface area contributed by atoms with Gasteiger partial charge in [0.25, 0.3) is 0 Å². The first-order valence-corrected chi connectivity index (χ1v) is 9.98. The van der Waals surface area contributed by atoms with Crippen molar-refractivity contribution in [2.75, 3.05) is 25.9 Å². The zero-order valence-electron chi connectivity index (χ0n) is 15.7. The minimum atomic E-state index is -0.549. The highest BCUT2D eigenvalue weighted by Crippen LogP contribution is 2.19. The Hall–Kier alpha value is -0.460. The molecule has 0 aliphatic carbocycles. The lowest BCUT2D eigenvalue weighted by molar-refractivity contribution is 0.170. The second-order valence-corrected chi connectivity index (χ2v) is 7.78. The molecule has 2 rings (SSSR count). The van der Waals surface area contributed by atoms with Crippen LogP contribution < -0.4 is 10.6 Å². The molecular weight excluding hydrogens is 423 g/mol. The van der Waals surface area contributed by atoms with Gasteiger partial charge in [-0.2, -0.15) is 0 Å². The van der Waals surface area contributed by atoms with E-state index in [0.717, 1.165) is 24.3 Å². The molecule has 0 saturated heterocycles. The molecule has 2 unspecified atom stereocenters. The van der Waals surface area contributed by atoms with Gasteiger partial charge in [-0.05, 0) is 55.8 Å². The number of aliphatic hydroxyl groups excluding tert-OH is 1. The number of thioether (sulfide) groups is 1. The topological polar surface area (TPSA) is 44.3 Å². The minimum absolute atomic E-state index is 0. The van der Waals surface area contributed by atoms with Crippen molar-refractivity contribution in [2.45, 2.75) is 30.4 Å². The summed E-state index contributed by atoms with van der Waals surface area (Å²) < 4.78 is 0. The Labute approximate surface area is 184 Å². The monoisotopic (exact) mass is 450 g/mol. The van der Waals surface area contributed by atoms with Crippen LogP contribution in [-0.4, -0.2) is 37.0 Å². The van der Waals surface area contributed by atoms with E-state index >= 15 is 0 Å². The molecule has 3 N–H and O–H groups in total. The van der Waals surface area contributed by atoms with Crippen LogP contribution in [0.2, 0.25) is 5.02 Å². The highest BCUT2D eigenvalue weighted by atomic mass is 35.5. The minimum Gasteiger partial charge on any atom is -0.387 e. The number of rotatable bonds is 10. The van der Waals surface area contributed by atoms with Crippen molar-refractivity contribution < 1.29 is 5.11 Å². The first-order valence-electron chi connectivity index (χ1n) is 8.61. The summed E-state index contributed by atoms with van der Waals surface area (Å²) >= 11 is 7.84. The Morgan fingerprint density at radius 3 is 2.44 bits per heavy atom. The van der Waals surface area contributed by atoms with Crippen molar-refractivity contribution in [1.29, 1.82) is 0 Å². The first-order chi connectivity index (χ1) is 12.1. The van der Waals surface area contributed by atoms with E-state index in [0.29, 0.717) is 11.6 Å². The second kappa shape index (κ2) is 14.5. The zero-order chi connectivity index (χ0) is 18.1. The average molecular weight is 452 g/mol. The molecule has 3 nitrogen and oxygen atoms in total. The Balaban J connectivity index is 0.00000338. The van der Waals surface area contributed by atoms with E-state index in [2.05, 4.69) is 41.8 Å². The molecule has 0 fully saturated rings. The standard InChI is InChI=1S/C20H27ClN2OS.2ClH/c1-15(23-14-20(24)17-4-3-5-18(21)13-17)12-16-6-8-19(9-7-16)25-11-10-22-2;;/h3-9,13,15,20,22-24H,10-12,14H2,1-2H3;2*1H. The Bertz CT molecular complexity index is 643. The van der Waals surface area contributed by atoms with Gasteiger partial charge in [-0.25, -0.2) is 0 Å². The van der Waals surface area contributed by atoms with E-state index in [-0.39, 0.29) is 30.9 Å². The van der Waals surface area contributed by atoms with Crippen LogP contribution in [-0.2, 0) is 6.42 Å². The van der Waals surface area contributed by atoms with Gasteiger partial charge in [0.2, 0.25) is 0 Å². The molecule has 0 saturated carbocycles. The maximum Gasteiger partial charge on any atom is 0.0914 e. The van der Waals surface area contributed by atoms with Crippen LogP contribution in [0.15, 0.2) is 53.4 Å². The van der Waals surface area contributed by atoms with Gasteiger partial charge in [-0.1, -0.05) is 35.9 Å². The van der Waals surface area contributed by atoms with E-state index in [1.165, 1.54) is 10.5 Å². The van der Waals surface area contributed by atoms with Crippen molar-refractivity contribution in [2.24, 2.45) is 0 Å². The molecule has 0 aromatic heterocycles. The smallest absolute Gasteiger partial charge is 0.0914 e. The summed E-state index contributed by atoms with van der Waals surface area (Å²) in [6.07, 6.45) is 0.385. The Morgan fingerprint density at radius 2 is 1.81 bits per heavy atom. The highest BCUT2D eigenvalue weighted by molar-refractivity contribution is 7.99. The predicted octanol–water partition coefficient (Wildman–Crippen LogP) is 4.75. The van der Waals surface area contributed by atoms with Crippen molar-refractivity contribution in [3.63, 3.8) is 0 Å². The van der Waals surface area contributed by atoms with Gasteiger partial charge in [-0.3, -0.25) is 0 Å². The summed E-state index contributed by atoms with van der Waals surface area (Å²) in [4.78, 5) is 1.30. The molecule has 27 heavy (non-hydrogen) atoms. The summed E-state index contributed by atoms with van der Waals surface area (Å²) in [5.41, 5.74) is 2.14. The fourth-order valence-electron chi connectivity index (χ4n) is 2.56. The largest absolute Gasteiger partial charge is 0.387 e. The lowest BCUT2D eigenvalue weighted by atomic mass is 10.1. The molecule has 0 heterocycles. The summed E-state index contributed by atoms with van der Waals surface area (Å²) in [5, 5.41) is 17.5. The summed E-state index contributed by atoms with van der Waals surface area (Å²) in [5.74, 6) is 1.08. The van der Waals surface area contributed by atoms with Crippen LogP contribution in [0.25, 0.3) is 0 Å². The number of nitrogens with one attached hydrogen (secondary N) is 2. The summed E-state index contributed by atoms with van der Waals surface area (Å²) in [6, 6.07) is 16.4. The maximum atomic E-state index is 10.3. The maximum absolute atomic E-state index is 10.3. The van der Waals surface area contributed by atoms with Gasteiger partial charge in [0.05, 0.1) is 6.10 Å². The van der Waals surface area contributed by atoms with Gasteiger partial charge < -0.3 is 15.7 Å². The van der Waals surface area contributed by atoms with Crippen LogP contribution in [0.1, 0.15) is 24.2 Å². The average Bonchev–Trinajstić information content (AvgIpc) is 2.61. The summed E-state index contributed by atoms with van der Waals surface area (Å²) in [7, 11) is 1.97. The third kappa shape index (κ3) is 10.0. The van der Waals surface area contributed by atoms with E-state index in [1.54, 1.807) is 0 Å². The van der Waals surface area contributed by atoms with Gasteiger partial charge in [0.1, 0.15) is 0 Å². The SMILES string of the molecule is CNCCSc1ccc(CC(C)NCC(O)c2cccc(Cl)c2)cc1.Cl.Cl. The van der Waals surface area contributed by atoms with E-state index in [9.17, 15) is 5.11 Å². The number of aliphatic hydroxyl groups is 1. The van der Waals surface area contributed by atoms with Gasteiger partial charge in [-0.15, -0.1) is 36.6 Å². The molecule has 152 valence electrons. The second-order valence-electron chi connectivity index (χ2n) is 6.18. The molecule has 0 aliphatic rings. The van der Waals surface area contributed by atoms with Gasteiger partial charge in [0, 0.05) is 34.8 Å². The van der Waals surface area contributed by atoms with Gasteiger partial charge in [0.15, 0.2) is 0 Å². The van der Waals surface area contributed by atoms with Crippen LogP contribution in [0.3, 0.4) is 0 Å². The molecule has 2 aromatic carbocycles. The van der Waals surface area contributed by atoms with Crippen LogP contribution in [0.4, 0.5) is 0 Å². The zero-order valence-corrected chi connectivity index (χ0v) is 18.9. The van der Waals surface area contributed by atoms with Crippen molar-refractivity contribution in [3.05, 3.63) is 64.7 Å². The predicted molar refractivity (Wildman–Crippen MR) is 123 cm³/mol. The number of benzene rings is 2. The lowest BCUT2D eigenvalue weighted by Crippen LogP contribution is -2.32. The fraction of sp³-hybridized carbons (Fsp3) is 0.400. The Morgan fingerprint density at radius 1 is 1.11 bits per heavy atom. The number of hydrogen-bond acceptors (Lipinski definition) is 4. The molecule has 7 heteroatoms. The highest BCUT2D eigenvalue weighted by Gasteiger charge is 2.10. The van der Waals surface area contributed by atoms with Crippen LogP contribution in [0, 0.1) is 0 Å². The van der Waals surface area contributed by atoms with E-state index < -0.39 is 6.10 Å². The molecular formula is C20H29Cl3N2OS. The molecule has 0 spiro atoms. The molecule has 0 radical (unpaired) electrons. The lowest BCUT2D eigenvalue weighted by Gasteiger charge is -2.18. The third-order valence-corrected chi connectivity index (χ3v) is 5.23. The normalized spacial score (nSPS) is 12.6. The molecule has 0 amide bonds. The summed E-state index contributed by atoms with van der Waals surface area (Å²) in [6.45, 7) is 3.67. The van der Waals surface area contributed by atoms with Crippen molar-refractivity contribution >= 4 is 48.2 Å². The van der Waals surface area contributed by atoms with Crippen molar-refractivity contribution in [1.82, 2.24) is 10.6 Å². The molecule has 0 aliphatic heterocycles. The molecule has 2 atom stereocenters. The molecule has 2 aromatic rings. The first kappa shape index (κ1) is 26.5. The van der Waals surface area contributed by atoms with E-state index in [4.69, 9.17) is 11.6 Å². The van der Waals surface area contributed by atoms with Crippen molar-refractivity contribution in [3.8, 4) is 0 Å². The number of hydrogen-bond donors (Lipinski definition) is 3.